The van der Waals surface area contributed by atoms with Crippen molar-refractivity contribution in [3.63, 3.8) is 0 Å². The molecule has 2 fully saturated rings. The minimum atomic E-state index is -0.631. The van der Waals surface area contributed by atoms with E-state index in [9.17, 15) is 14.3 Å². The van der Waals surface area contributed by atoms with E-state index in [1.54, 1.807) is 12.1 Å². The van der Waals surface area contributed by atoms with Crippen LogP contribution in [0.4, 0.5) is 4.39 Å². The minimum absolute atomic E-state index is 0.00257. The van der Waals surface area contributed by atoms with Crippen molar-refractivity contribution in [1.29, 1.82) is 0 Å². The maximum absolute atomic E-state index is 14.3. The van der Waals surface area contributed by atoms with Gasteiger partial charge in [0.15, 0.2) is 0 Å². The number of carbonyl (C=O) groups excluding carboxylic acids is 1. The van der Waals surface area contributed by atoms with Crippen LogP contribution in [-0.4, -0.2) is 71.5 Å². The molecule has 5 rings (SSSR count). The summed E-state index contributed by atoms with van der Waals surface area (Å²) >= 11 is 0. The topological polar surface area (TPSA) is 62.2 Å². The Morgan fingerprint density at radius 2 is 1.85 bits per heavy atom. The SMILES string of the molecule is O=C(C[C@H]1CC[C@H]2[C@@H](COC[C@H](O)CN2Cc2ccccc2F)O1)N1CCc2ccccc2C1. The maximum Gasteiger partial charge on any atom is 0.225 e. The fourth-order valence-electron chi connectivity index (χ4n) is 5.51. The van der Waals surface area contributed by atoms with Gasteiger partial charge in [-0.1, -0.05) is 42.5 Å². The summed E-state index contributed by atoms with van der Waals surface area (Å²) in [4.78, 5) is 17.1. The number of rotatable bonds is 4. The van der Waals surface area contributed by atoms with Crippen molar-refractivity contribution < 1.29 is 23.8 Å². The van der Waals surface area contributed by atoms with Crippen LogP contribution in [0.5, 0.6) is 0 Å². The first kappa shape index (κ1) is 23.4. The van der Waals surface area contributed by atoms with Gasteiger partial charge in [0.05, 0.1) is 37.9 Å². The number of halogens is 1. The molecule has 1 N–H and O–H groups in total. The third-order valence-corrected chi connectivity index (χ3v) is 7.30. The third kappa shape index (κ3) is 5.33. The second kappa shape index (κ2) is 10.5. The number of aliphatic hydroxyl groups excluding tert-OH is 1. The molecule has 0 unspecified atom stereocenters. The first-order chi connectivity index (χ1) is 16.6. The van der Waals surface area contributed by atoms with E-state index in [-0.39, 0.29) is 36.6 Å². The molecule has 182 valence electrons. The largest absolute Gasteiger partial charge is 0.389 e. The molecule has 3 aliphatic rings. The lowest BCUT2D eigenvalue weighted by Gasteiger charge is -2.44. The van der Waals surface area contributed by atoms with Gasteiger partial charge >= 0.3 is 0 Å². The number of carbonyl (C=O) groups is 1. The molecule has 0 bridgehead atoms. The summed E-state index contributed by atoms with van der Waals surface area (Å²) in [5.41, 5.74) is 3.16. The normalized spacial score (nSPS) is 27.9. The fraction of sp³-hybridized carbons (Fsp3) is 0.519. The highest BCUT2D eigenvalue weighted by atomic mass is 19.1. The van der Waals surface area contributed by atoms with Crippen LogP contribution in [0.25, 0.3) is 0 Å². The highest BCUT2D eigenvalue weighted by Crippen LogP contribution is 2.30. The van der Waals surface area contributed by atoms with Gasteiger partial charge in [0, 0.05) is 37.8 Å². The number of β-amino-alcohol motifs (C(OH)–C–C–N with tert-alkyl or cyclic N) is 1. The fourth-order valence-corrected chi connectivity index (χ4v) is 5.51. The molecule has 7 heteroatoms. The molecule has 3 aliphatic heterocycles. The first-order valence-electron chi connectivity index (χ1n) is 12.3. The van der Waals surface area contributed by atoms with Crippen LogP contribution in [0.15, 0.2) is 48.5 Å². The minimum Gasteiger partial charge on any atom is -0.389 e. The van der Waals surface area contributed by atoms with Gasteiger partial charge in [0.25, 0.3) is 0 Å². The van der Waals surface area contributed by atoms with Gasteiger partial charge in [0.2, 0.25) is 5.91 Å². The maximum atomic E-state index is 14.3. The lowest BCUT2D eigenvalue weighted by atomic mass is 9.93. The summed E-state index contributed by atoms with van der Waals surface area (Å²) < 4.78 is 26.5. The van der Waals surface area contributed by atoms with E-state index in [4.69, 9.17) is 9.47 Å². The van der Waals surface area contributed by atoms with Crippen molar-refractivity contribution in [3.8, 4) is 0 Å². The highest BCUT2D eigenvalue weighted by molar-refractivity contribution is 5.77. The van der Waals surface area contributed by atoms with E-state index in [0.29, 0.717) is 38.2 Å². The van der Waals surface area contributed by atoms with Crippen molar-refractivity contribution in [2.75, 3.05) is 26.3 Å². The number of fused-ring (bicyclic) bond motifs is 2. The molecular formula is C27H33FN2O4. The number of ether oxygens (including phenoxy) is 2. The summed E-state index contributed by atoms with van der Waals surface area (Å²) in [5.74, 6) is -0.112. The van der Waals surface area contributed by atoms with Crippen molar-refractivity contribution >= 4 is 5.91 Å². The Kier molecular flexibility index (Phi) is 7.25. The van der Waals surface area contributed by atoms with Crippen molar-refractivity contribution in [1.82, 2.24) is 9.80 Å². The summed E-state index contributed by atoms with van der Waals surface area (Å²) in [7, 11) is 0. The summed E-state index contributed by atoms with van der Waals surface area (Å²) in [6.07, 6.45) is 1.81. The highest BCUT2D eigenvalue weighted by Gasteiger charge is 2.38. The van der Waals surface area contributed by atoms with E-state index in [1.165, 1.54) is 17.2 Å². The second-order valence-electron chi connectivity index (χ2n) is 9.69. The molecule has 0 spiro atoms. The zero-order valence-electron chi connectivity index (χ0n) is 19.4. The quantitative estimate of drug-likeness (QED) is 0.748. The van der Waals surface area contributed by atoms with Crippen LogP contribution < -0.4 is 0 Å². The van der Waals surface area contributed by atoms with Crippen LogP contribution in [-0.2, 0) is 33.8 Å². The predicted molar refractivity (Wildman–Crippen MR) is 125 cm³/mol. The molecule has 0 radical (unpaired) electrons. The molecule has 3 heterocycles. The zero-order chi connectivity index (χ0) is 23.5. The Morgan fingerprint density at radius 3 is 2.71 bits per heavy atom. The number of hydrogen-bond acceptors (Lipinski definition) is 5. The number of hydrogen-bond donors (Lipinski definition) is 1. The lowest BCUT2D eigenvalue weighted by molar-refractivity contribution is -0.161. The van der Waals surface area contributed by atoms with Gasteiger partial charge in [-0.25, -0.2) is 4.39 Å². The van der Waals surface area contributed by atoms with E-state index in [0.717, 1.165) is 25.8 Å². The van der Waals surface area contributed by atoms with E-state index < -0.39 is 6.10 Å². The molecule has 2 aromatic carbocycles. The Bertz CT molecular complexity index is 1000. The van der Waals surface area contributed by atoms with Crippen LogP contribution in [0.3, 0.4) is 0 Å². The molecule has 2 saturated heterocycles. The Labute approximate surface area is 200 Å². The number of nitrogens with zero attached hydrogens (tertiary/aromatic N) is 2. The van der Waals surface area contributed by atoms with Gasteiger partial charge in [-0.3, -0.25) is 9.69 Å². The van der Waals surface area contributed by atoms with Crippen LogP contribution in [0.1, 0.15) is 36.0 Å². The number of aliphatic hydroxyl groups is 1. The predicted octanol–water partition coefficient (Wildman–Crippen LogP) is 2.91. The monoisotopic (exact) mass is 468 g/mol. The smallest absolute Gasteiger partial charge is 0.225 e. The van der Waals surface area contributed by atoms with E-state index in [1.807, 2.05) is 23.1 Å². The second-order valence-corrected chi connectivity index (χ2v) is 9.69. The van der Waals surface area contributed by atoms with Gasteiger partial charge in [-0.2, -0.15) is 0 Å². The third-order valence-electron chi connectivity index (χ3n) is 7.30. The molecule has 0 aliphatic carbocycles. The lowest BCUT2D eigenvalue weighted by Crippen LogP contribution is -2.55. The Hall–Kier alpha value is -2.32. The average Bonchev–Trinajstić information content (AvgIpc) is 2.84. The van der Waals surface area contributed by atoms with Gasteiger partial charge in [0.1, 0.15) is 5.82 Å². The molecule has 6 nitrogen and oxygen atoms in total. The van der Waals surface area contributed by atoms with Gasteiger partial charge in [-0.15, -0.1) is 0 Å². The molecule has 0 saturated carbocycles. The van der Waals surface area contributed by atoms with Crippen molar-refractivity contribution in [3.05, 3.63) is 71.0 Å². The molecular weight excluding hydrogens is 435 g/mol. The van der Waals surface area contributed by atoms with Gasteiger partial charge in [-0.05, 0) is 36.5 Å². The standard InChI is InChI=1S/C27H33FN2O4/c28-24-8-4-3-7-21(24)15-30-16-22(31)17-33-18-26-25(30)10-9-23(34-26)13-27(32)29-12-11-19-5-1-2-6-20(19)14-29/h1-8,22-23,25-26,31H,9-18H2/t22-,23-,25+,26-/m1/s1. The summed E-state index contributed by atoms with van der Waals surface area (Å²) in [6, 6.07) is 15.1. The summed E-state index contributed by atoms with van der Waals surface area (Å²) in [6.45, 7) is 2.78. The zero-order valence-corrected chi connectivity index (χ0v) is 19.4. The number of benzene rings is 2. The van der Waals surface area contributed by atoms with Crippen LogP contribution >= 0.6 is 0 Å². The molecule has 0 aromatic heterocycles. The van der Waals surface area contributed by atoms with Crippen LogP contribution in [0.2, 0.25) is 0 Å². The van der Waals surface area contributed by atoms with E-state index >= 15 is 0 Å². The number of amides is 1. The first-order valence-corrected chi connectivity index (χ1v) is 12.3. The molecule has 1 amide bonds. The Balaban J connectivity index is 1.23. The van der Waals surface area contributed by atoms with Gasteiger partial charge < -0.3 is 19.5 Å². The van der Waals surface area contributed by atoms with Crippen molar-refractivity contribution in [2.45, 2.75) is 63.1 Å². The molecule has 34 heavy (non-hydrogen) atoms. The van der Waals surface area contributed by atoms with Crippen LogP contribution in [0, 0.1) is 5.82 Å². The summed E-state index contributed by atoms with van der Waals surface area (Å²) in [5, 5.41) is 10.4. The molecule has 4 atom stereocenters. The Morgan fingerprint density at radius 1 is 1.06 bits per heavy atom. The van der Waals surface area contributed by atoms with E-state index in [2.05, 4.69) is 17.0 Å². The average molecular weight is 469 g/mol. The van der Waals surface area contributed by atoms with Crippen molar-refractivity contribution in [2.24, 2.45) is 0 Å². The molecule has 2 aromatic rings.